The van der Waals surface area contributed by atoms with Crippen LogP contribution in [0.15, 0.2) is 48.5 Å². The maximum atomic E-state index is 12.4. The van der Waals surface area contributed by atoms with Crippen LogP contribution in [0.2, 0.25) is 0 Å². The second-order valence-electron chi connectivity index (χ2n) is 5.41. The minimum atomic E-state index is 0.107. The first-order valence-electron chi connectivity index (χ1n) is 7.57. The molecule has 0 N–H and O–H groups in total. The first-order valence-corrected chi connectivity index (χ1v) is 7.57. The zero-order valence-corrected chi connectivity index (χ0v) is 13.5. The minimum absolute atomic E-state index is 0.107. The molecule has 0 bridgehead atoms. The highest BCUT2D eigenvalue weighted by molar-refractivity contribution is 5.78. The second-order valence-corrected chi connectivity index (χ2v) is 5.41. The van der Waals surface area contributed by atoms with Gasteiger partial charge in [-0.25, -0.2) is 0 Å². The molecular weight excluding hydrogens is 274 g/mol. The van der Waals surface area contributed by atoms with Crippen molar-refractivity contribution in [1.29, 1.82) is 0 Å². The van der Waals surface area contributed by atoms with Crippen LogP contribution in [0.5, 0.6) is 5.75 Å². The van der Waals surface area contributed by atoms with Gasteiger partial charge < -0.3 is 9.64 Å². The fourth-order valence-corrected chi connectivity index (χ4v) is 2.38. The van der Waals surface area contributed by atoms with Gasteiger partial charge in [-0.3, -0.25) is 4.79 Å². The monoisotopic (exact) mass is 297 g/mol. The van der Waals surface area contributed by atoms with Crippen molar-refractivity contribution in [3.8, 4) is 5.75 Å². The summed E-state index contributed by atoms with van der Waals surface area (Å²) >= 11 is 0. The van der Waals surface area contributed by atoms with Crippen molar-refractivity contribution in [2.45, 2.75) is 26.3 Å². The molecule has 0 saturated carbocycles. The number of ether oxygens (including phenoxy) is 1. The van der Waals surface area contributed by atoms with Gasteiger partial charge in [0, 0.05) is 19.2 Å². The Morgan fingerprint density at radius 1 is 1.05 bits per heavy atom. The van der Waals surface area contributed by atoms with Crippen LogP contribution >= 0.6 is 0 Å². The van der Waals surface area contributed by atoms with Crippen molar-refractivity contribution in [3.63, 3.8) is 0 Å². The summed E-state index contributed by atoms with van der Waals surface area (Å²) < 4.78 is 5.33. The van der Waals surface area contributed by atoms with E-state index in [1.54, 1.807) is 12.0 Å². The first kappa shape index (κ1) is 16.1. The van der Waals surface area contributed by atoms with Crippen LogP contribution in [-0.4, -0.2) is 25.0 Å². The number of methoxy groups -OCH3 is 1. The fourth-order valence-electron chi connectivity index (χ4n) is 2.38. The topological polar surface area (TPSA) is 29.5 Å². The molecule has 2 aromatic carbocycles. The van der Waals surface area contributed by atoms with Crippen LogP contribution in [0, 0.1) is 0 Å². The van der Waals surface area contributed by atoms with Gasteiger partial charge in [0.2, 0.25) is 5.91 Å². The van der Waals surface area contributed by atoms with E-state index in [-0.39, 0.29) is 5.91 Å². The summed E-state index contributed by atoms with van der Waals surface area (Å²) in [5.74, 6) is 0.921. The van der Waals surface area contributed by atoms with Crippen LogP contribution in [0.3, 0.4) is 0 Å². The molecule has 0 saturated heterocycles. The van der Waals surface area contributed by atoms with E-state index >= 15 is 0 Å². The summed E-state index contributed by atoms with van der Waals surface area (Å²) in [6.07, 6.45) is 1.44. The van der Waals surface area contributed by atoms with Gasteiger partial charge in [0.15, 0.2) is 0 Å². The molecule has 0 aliphatic carbocycles. The number of likely N-dealkylation sites (N-methyl/N-ethyl adjacent to an activating group) is 1. The second kappa shape index (κ2) is 7.64. The van der Waals surface area contributed by atoms with Crippen LogP contribution < -0.4 is 4.74 Å². The molecule has 0 fully saturated rings. The Balaban J connectivity index is 1.99. The molecule has 0 aliphatic heterocycles. The standard InChI is InChI=1S/C19H23NO2/c1-4-15-9-11-16(12-10-15)13-19(21)20(2)14-17-7-5-6-8-18(17)22-3/h5-12H,4,13-14H2,1-3H3. The third-order valence-corrected chi connectivity index (χ3v) is 3.81. The van der Waals surface area contributed by atoms with Crippen LogP contribution in [-0.2, 0) is 24.2 Å². The van der Waals surface area contributed by atoms with Crippen molar-refractivity contribution < 1.29 is 9.53 Å². The van der Waals surface area contributed by atoms with Gasteiger partial charge in [-0.1, -0.05) is 49.4 Å². The largest absolute Gasteiger partial charge is 0.496 e. The van der Waals surface area contributed by atoms with E-state index in [1.807, 2.05) is 43.4 Å². The Hall–Kier alpha value is -2.29. The third kappa shape index (κ3) is 4.10. The molecule has 3 heteroatoms. The number of amides is 1. The Labute approximate surface area is 132 Å². The average Bonchev–Trinajstić information content (AvgIpc) is 2.56. The zero-order chi connectivity index (χ0) is 15.9. The molecule has 0 spiro atoms. The smallest absolute Gasteiger partial charge is 0.227 e. The van der Waals surface area contributed by atoms with Crippen molar-refractivity contribution in [3.05, 3.63) is 65.2 Å². The Morgan fingerprint density at radius 2 is 1.68 bits per heavy atom. The number of carbonyl (C=O) groups excluding carboxylic acids is 1. The van der Waals surface area contributed by atoms with E-state index in [0.717, 1.165) is 23.3 Å². The molecule has 0 aromatic heterocycles. The molecule has 0 atom stereocenters. The van der Waals surface area contributed by atoms with Gasteiger partial charge in [-0.05, 0) is 23.6 Å². The highest BCUT2D eigenvalue weighted by atomic mass is 16.5. The lowest BCUT2D eigenvalue weighted by molar-refractivity contribution is -0.129. The van der Waals surface area contributed by atoms with E-state index in [0.29, 0.717) is 13.0 Å². The van der Waals surface area contributed by atoms with Gasteiger partial charge >= 0.3 is 0 Å². The number of nitrogens with zero attached hydrogens (tertiary/aromatic N) is 1. The Morgan fingerprint density at radius 3 is 2.32 bits per heavy atom. The highest BCUT2D eigenvalue weighted by Gasteiger charge is 2.12. The molecule has 3 nitrogen and oxygen atoms in total. The number of aryl methyl sites for hydroxylation is 1. The maximum Gasteiger partial charge on any atom is 0.227 e. The summed E-state index contributed by atoms with van der Waals surface area (Å²) in [6.45, 7) is 2.68. The Bertz CT molecular complexity index is 620. The number of hydrogen-bond donors (Lipinski definition) is 0. The summed E-state index contributed by atoms with van der Waals surface area (Å²) in [5.41, 5.74) is 3.36. The lowest BCUT2D eigenvalue weighted by Crippen LogP contribution is -2.27. The van der Waals surface area contributed by atoms with E-state index in [2.05, 4.69) is 19.1 Å². The third-order valence-electron chi connectivity index (χ3n) is 3.81. The summed E-state index contributed by atoms with van der Waals surface area (Å²) in [7, 11) is 3.48. The highest BCUT2D eigenvalue weighted by Crippen LogP contribution is 2.19. The van der Waals surface area contributed by atoms with Gasteiger partial charge in [0.05, 0.1) is 13.5 Å². The number of rotatable bonds is 6. The minimum Gasteiger partial charge on any atom is -0.496 e. The summed E-state index contributed by atoms with van der Waals surface area (Å²) in [5, 5.41) is 0. The number of benzene rings is 2. The zero-order valence-electron chi connectivity index (χ0n) is 13.5. The lowest BCUT2D eigenvalue weighted by Gasteiger charge is -2.19. The molecule has 0 unspecified atom stereocenters. The first-order chi connectivity index (χ1) is 10.6. The molecule has 0 aliphatic rings. The summed E-state index contributed by atoms with van der Waals surface area (Å²) in [4.78, 5) is 14.1. The van der Waals surface area contributed by atoms with Gasteiger partial charge in [0.1, 0.15) is 5.75 Å². The van der Waals surface area contributed by atoms with E-state index in [4.69, 9.17) is 4.74 Å². The molecule has 2 rings (SSSR count). The molecule has 116 valence electrons. The molecule has 0 heterocycles. The molecule has 22 heavy (non-hydrogen) atoms. The predicted molar refractivity (Wildman–Crippen MR) is 89.0 cm³/mol. The quantitative estimate of drug-likeness (QED) is 0.817. The van der Waals surface area contributed by atoms with Gasteiger partial charge in [-0.2, -0.15) is 0 Å². The number of hydrogen-bond acceptors (Lipinski definition) is 2. The van der Waals surface area contributed by atoms with Crippen LogP contribution in [0.1, 0.15) is 23.6 Å². The van der Waals surface area contributed by atoms with Crippen molar-refractivity contribution in [2.24, 2.45) is 0 Å². The number of carbonyl (C=O) groups is 1. The molecule has 2 aromatic rings. The normalized spacial score (nSPS) is 10.3. The van der Waals surface area contributed by atoms with E-state index in [9.17, 15) is 4.79 Å². The van der Waals surface area contributed by atoms with Crippen molar-refractivity contribution >= 4 is 5.91 Å². The van der Waals surface area contributed by atoms with E-state index in [1.165, 1.54) is 5.56 Å². The lowest BCUT2D eigenvalue weighted by atomic mass is 10.1. The molecule has 0 radical (unpaired) electrons. The fraction of sp³-hybridized carbons (Fsp3) is 0.316. The summed E-state index contributed by atoms with van der Waals surface area (Å²) in [6, 6.07) is 16.0. The Kier molecular flexibility index (Phi) is 5.59. The maximum absolute atomic E-state index is 12.4. The molecule has 1 amide bonds. The SMILES string of the molecule is CCc1ccc(CC(=O)N(C)Cc2ccccc2OC)cc1. The van der Waals surface area contributed by atoms with Crippen LogP contribution in [0.25, 0.3) is 0 Å². The number of para-hydroxylation sites is 1. The van der Waals surface area contributed by atoms with Crippen molar-refractivity contribution in [2.75, 3.05) is 14.2 Å². The predicted octanol–water partition coefficient (Wildman–Crippen LogP) is 3.46. The molecular formula is C19H23NO2. The average molecular weight is 297 g/mol. The van der Waals surface area contributed by atoms with Crippen molar-refractivity contribution in [1.82, 2.24) is 4.90 Å². The van der Waals surface area contributed by atoms with Gasteiger partial charge in [0.25, 0.3) is 0 Å². The van der Waals surface area contributed by atoms with E-state index < -0.39 is 0 Å². The van der Waals surface area contributed by atoms with Crippen LogP contribution in [0.4, 0.5) is 0 Å². The van der Waals surface area contributed by atoms with Gasteiger partial charge in [-0.15, -0.1) is 0 Å².